The van der Waals surface area contributed by atoms with E-state index in [0.717, 1.165) is 26.1 Å². The molecule has 1 fully saturated rings. The lowest BCUT2D eigenvalue weighted by molar-refractivity contribution is 0.278. The number of hydrogen-bond acceptors (Lipinski definition) is 3. The van der Waals surface area contributed by atoms with Gasteiger partial charge in [0.15, 0.2) is 0 Å². The van der Waals surface area contributed by atoms with Gasteiger partial charge in [-0.3, -0.25) is 4.90 Å². The van der Waals surface area contributed by atoms with Crippen molar-refractivity contribution in [1.29, 1.82) is 0 Å². The van der Waals surface area contributed by atoms with E-state index in [4.69, 9.17) is 0 Å². The molecule has 0 radical (unpaired) electrons. The number of benzene rings is 1. The molecular formula is C15H24N2O2S. The predicted molar refractivity (Wildman–Crippen MR) is 82.2 cm³/mol. The van der Waals surface area contributed by atoms with Crippen LogP contribution < -0.4 is 0 Å². The second kappa shape index (κ2) is 6.24. The van der Waals surface area contributed by atoms with Crippen molar-refractivity contribution < 1.29 is 8.42 Å². The Balaban J connectivity index is 2.03. The minimum atomic E-state index is -3.05. The summed E-state index contributed by atoms with van der Waals surface area (Å²) in [5.74, 6) is 0. The highest BCUT2D eigenvalue weighted by Crippen LogP contribution is 2.15. The van der Waals surface area contributed by atoms with E-state index < -0.39 is 10.0 Å². The second-order valence-corrected chi connectivity index (χ2v) is 7.70. The molecule has 0 saturated carbocycles. The van der Waals surface area contributed by atoms with Crippen LogP contribution in [0.1, 0.15) is 23.1 Å². The molecule has 20 heavy (non-hydrogen) atoms. The Morgan fingerprint density at radius 2 is 1.85 bits per heavy atom. The number of aryl methyl sites for hydroxylation is 2. The van der Waals surface area contributed by atoms with Gasteiger partial charge in [0.25, 0.3) is 0 Å². The highest BCUT2D eigenvalue weighted by Gasteiger charge is 2.21. The van der Waals surface area contributed by atoms with Crippen LogP contribution in [0.3, 0.4) is 0 Å². The SMILES string of the molecule is Cc1ccc(C)c(CN2CCCN(S(C)(=O)=O)CC2)c1. The Bertz CT molecular complexity index is 569. The molecule has 0 aliphatic carbocycles. The molecule has 1 aromatic rings. The summed E-state index contributed by atoms with van der Waals surface area (Å²) in [6.07, 6.45) is 2.20. The normalized spacial score (nSPS) is 18.9. The van der Waals surface area contributed by atoms with Crippen molar-refractivity contribution in [3.8, 4) is 0 Å². The van der Waals surface area contributed by atoms with E-state index in [1.165, 1.54) is 22.9 Å². The summed E-state index contributed by atoms with van der Waals surface area (Å²) >= 11 is 0. The predicted octanol–water partition coefficient (Wildman–Crippen LogP) is 1.77. The smallest absolute Gasteiger partial charge is 0.211 e. The van der Waals surface area contributed by atoms with Crippen molar-refractivity contribution >= 4 is 10.0 Å². The van der Waals surface area contributed by atoms with Gasteiger partial charge >= 0.3 is 0 Å². The van der Waals surface area contributed by atoms with Gasteiger partial charge in [0.2, 0.25) is 10.0 Å². The quantitative estimate of drug-likeness (QED) is 0.853. The average Bonchev–Trinajstić information content (AvgIpc) is 2.59. The van der Waals surface area contributed by atoms with Gasteiger partial charge in [0.05, 0.1) is 6.26 Å². The Morgan fingerprint density at radius 1 is 1.10 bits per heavy atom. The van der Waals surface area contributed by atoms with Gasteiger partial charge in [-0.15, -0.1) is 0 Å². The number of hydrogen-bond donors (Lipinski definition) is 0. The fraction of sp³-hybridized carbons (Fsp3) is 0.600. The summed E-state index contributed by atoms with van der Waals surface area (Å²) in [6, 6.07) is 6.52. The van der Waals surface area contributed by atoms with Crippen LogP contribution in [0.4, 0.5) is 0 Å². The van der Waals surface area contributed by atoms with E-state index in [1.54, 1.807) is 4.31 Å². The maximum atomic E-state index is 11.6. The molecule has 1 aliphatic rings. The van der Waals surface area contributed by atoms with Crippen LogP contribution in [0.5, 0.6) is 0 Å². The number of nitrogens with zero attached hydrogens (tertiary/aromatic N) is 2. The molecule has 4 nitrogen and oxygen atoms in total. The van der Waals surface area contributed by atoms with Crippen molar-refractivity contribution in [3.63, 3.8) is 0 Å². The van der Waals surface area contributed by atoms with Gasteiger partial charge in [0.1, 0.15) is 0 Å². The first-order valence-electron chi connectivity index (χ1n) is 7.10. The molecule has 0 aromatic heterocycles. The Kier molecular flexibility index (Phi) is 4.83. The molecule has 1 heterocycles. The topological polar surface area (TPSA) is 40.6 Å². The van der Waals surface area contributed by atoms with Crippen LogP contribution in [-0.4, -0.2) is 50.1 Å². The average molecular weight is 296 g/mol. The Morgan fingerprint density at radius 3 is 2.55 bits per heavy atom. The summed E-state index contributed by atoms with van der Waals surface area (Å²) in [5, 5.41) is 0. The van der Waals surface area contributed by atoms with E-state index >= 15 is 0 Å². The summed E-state index contributed by atoms with van der Waals surface area (Å²) in [7, 11) is -3.05. The van der Waals surface area contributed by atoms with Crippen molar-refractivity contribution in [1.82, 2.24) is 9.21 Å². The summed E-state index contributed by atoms with van der Waals surface area (Å²) < 4.78 is 24.8. The zero-order chi connectivity index (χ0) is 14.8. The van der Waals surface area contributed by atoms with Gasteiger partial charge in [-0.05, 0) is 37.9 Å². The second-order valence-electron chi connectivity index (χ2n) is 5.72. The van der Waals surface area contributed by atoms with Crippen LogP contribution >= 0.6 is 0 Å². The monoisotopic (exact) mass is 296 g/mol. The molecule has 0 amide bonds. The molecular weight excluding hydrogens is 272 g/mol. The Labute approximate surface area is 122 Å². The van der Waals surface area contributed by atoms with Crippen molar-refractivity contribution in [2.24, 2.45) is 0 Å². The standard InChI is InChI=1S/C15H24N2O2S/c1-13-5-6-14(2)15(11-13)12-16-7-4-8-17(10-9-16)20(3,18)19/h5-6,11H,4,7-10,12H2,1-3H3. The van der Waals surface area contributed by atoms with Crippen LogP contribution in [0, 0.1) is 13.8 Å². The third kappa shape index (κ3) is 4.04. The molecule has 1 aromatic carbocycles. The molecule has 0 bridgehead atoms. The third-order valence-corrected chi connectivity index (χ3v) is 5.22. The molecule has 112 valence electrons. The van der Waals surface area contributed by atoms with Crippen LogP contribution in [0.2, 0.25) is 0 Å². The van der Waals surface area contributed by atoms with Crippen molar-refractivity contribution in [2.45, 2.75) is 26.8 Å². The molecule has 0 unspecified atom stereocenters. The van der Waals surface area contributed by atoms with Gasteiger partial charge in [0, 0.05) is 26.2 Å². The minimum Gasteiger partial charge on any atom is -0.298 e. The maximum absolute atomic E-state index is 11.6. The lowest BCUT2D eigenvalue weighted by Crippen LogP contribution is -2.34. The summed E-state index contributed by atoms with van der Waals surface area (Å²) in [5.41, 5.74) is 3.93. The van der Waals surface area contributed by atoms with Crippen LogP contribution in [0.25, 0.3) is 0 Å². The van der Waals surface area contributed by atoms with Gasteiger partial charge in [-0.25, -0.2) is 12.7 Å². The lowest BCUT2D eigenvalue weighted by atomic mass is 10.1. The van der Waals surface area contributed by atoms with Crippen molar-refractivity contribution in [2.75, 3.05) is 32.4 Å². The fourth-order valence-corrected chi connectivity index (χ4v) is 3.52. The van der Waals surface area contributed by atoms with Crippen LogP contribution in [-0.2, 0) is 16.6 Å². The maximum Gasteiger partial charge on any atom is 0.211 e. The largest absolute Gasteiger partial charge is 0.298 e. The van der Waals surface area contributed by atoms with E-state index in [0.29, 0.717) is 13.1 Å². The fourth-order valence-electron chi connectivity index (χ4n) is 2.65. The third-order valence-electron chi connectivity index (χ3n) is 3.92. The molecule has 0 spiro atoms. The first kappa shape index (κ1) is 15.5. The zero-order valence-electron chi connectivity index (χ0n) is 12.6. The van der Waals surface area contributed by atoms with Crippen molar-refractivity contribution in [3.05, 3.63) is 34.9 Å². The first-order chi connectivity index (χ1) is 9.36. The molecule has 2 rings (SSSR count). The van der Waals surface area contributed by atoms with Gasteiger partial charge in [-0.2, -0.15) is 0 Å². The van der Waals surface area contributed by atoms with E-state index in [1.807, 2.05) is 0 Å². The van der Waals surface area contributed by atoms with E-state index in [-0.39, 0.29) is 0 Å². The Hall–Kier alpha value is -0.910. The molecule has 0 atom stereocenters. The highest BCUT2D eigenvalue weighted by molar-refractivity contribution is 7.88. The highest BCUT2D eigenvalue weighted by atomic mass is 32.2. The number of rotatable bonds is 3. The van der Waals surface area contributed by atoms with E-state index in [9.17, 15) is 8.42 Å². The zero-order valence-corrected chi connectivity index (χ0v) is 13.4. The van der Waals surface area contributed by atoms with Gasteiger partial charge < -0.3 is 0 Å². The first-order valence-corrected chi connectivity index (χ1v) is 8.95. The molecule has 1 aliphatic heterocycles. The molecule has 0 N–H and O–H groups in total. The lowest BCUT2D eigenvalue weighted by Gasteiger charge is -2.21. The molecule has 1 saturated heterocycles. The molecule has 5 heteroatoms. The minimum absolute atomic E-state index is 0.601. The number of sulfonamides is 1. The van der Waals surface area contributed by atoms with Crippen LogP contribution in [0.15, 0.2) is 18.2 Å². The van der Waals surface area contributed by atoms with E-state index in [2.05, 4.69) is 36.9 Å². The summed E-state index contributed by atoms with van der Waals surface area (Å²) in [6.45, 7) is 8.16. The summed E-state index contributed by atoms with van der Waals surface area (Å²) in [4.78, 5) is 2.35. The van der Waals surface area contributed by atoms with Gasteiger partial charge in [-0.1, -0.05) is 23.8 Å².